The highest BCUT2D eigenvalue weighted by molar-refractivity contribution is 5.85. The van der Waals surface area contributed by atoms with Gasteiger partial charge in [0.05, 0.1) is 0 Å². The van der Waals surface area contributed by atoms with Crippen LogP contribution in [0.4, 0.5) is 0 Å². The van der Waals surface area contributed by atoms with Crippen molar-refractivity contribution >= 4 is 5.91 Å². The van der Waals surface area contributed by atoms with Crippen molar-refractivity contribution in [2.45, 2.75) is 12.6 Å². The van der Waals surface area contributed by atoms with Crippen molar-refractivity contribution in [1.82, 2.24) is 5.32 Å². The van der Waals surface area contributed by atoms with E-state index in [4.69, 9.17) is 5.73 Å². The first-order chi connectivity index (χ1) is 8.75. The van der Waals surface area contributed by atoms with Gasteiger partial charge in [0.25, 0.3) is 0 Å². The molecule has 0 bridgehead atoms. The van der Waals surface area contributed by atoms with Crippen LogP contribution in [0.3, 0.4) is 0 Å². The van der Waals surface area contributed by atoms with Gasteiger partial charge in [-0.1, -0.05) is 42.5 Å². The molecular weight excluding hydrogens is 224 g/mol. The third kappa shape index (κ3) is 1.79. The summed E-state index contributed by atoms with van der Waals surface area (Å²) in [6, 6.07) is 15.7. The van der Waals surface area contributed by atoms with E-state index in [0.29, 0.717) is 6.54 Å². The molecule has 0 saturated carbocycles. The lowest BCUT2D eigenvalue weighted by atomic mass is 9.93. The van der Waals surface area contributed by atoms with Crippen molar-refractivity contribution < 1.29 is 4.79 Å². The molecule has 2 aromatic rings. The fraction of sp³-hybridized carbons (Fsp3) is 0.133. The first kappa shape index (κ1) is 11.0. The molecule has 1 atom stereocenters. The summed E-state index contributed by atoms with van der Waals surface area (Å²) >= 11 is 0. The molecule has 0 spiro atoms. The average molecular weight is 238 g/mol. The Morgan fingerprint density at radius 2 is 1.83 bits per heavy atom. The Morgan fingerprint density at radius 1 is 1.06 bits per heavy atom. The summed E-state index contributed by atoms with van der Waals surface area (Å²) in [5, 5.41) is 2.80. The molecule has 0 aliphatic carbocycles. The summed E-state index contributed by atoms with van der Waals surface area (Å²) in [5.41, 5.74) is 10.2. The van der Waals surface area contributed by atoms with Gasteiger partial charge in [0.15, 0.2) is 0 Å². The van der Waals surface area contributed by atoms with Crippen LogP contribution in [0.25, 0.3) is 11.1 Å². The predicted molar refractivity (Wildman–Crippen MR) is 70.7 cm³/mol. The second kappa shape index (κ2) is 4.27. The van der Waals surface area contributed by atoms with Crippen molar-refractivity contribution in [1.29, 1.82) is 0 Å². The molecule has 3 rings (SSSR count). The molecule has 90 valence electrons. The zero-order valence-electron chi connectivity index (χ0n) is 9.89. The average Bonchev–Trinajstić information content (AvgIpc) is 2.44. The summed E-state index contributed by atoms with van der Waals surface area (Å²) in [6.45, 7) is 0.558. The highest BCUT2D eigenvalue weighted by atomic mass is 16.2. The first-order valence-electron chi connectivity index (χ1n) is 5.97. The number of hydrogen-bond donors (Lipinski definition) is 2. The Balaban J connectivity index is 2.05. The minimum Gasteiger partial charge on any atom is -0.350 e. The summed E-state index contributed by atoms with van der Waals surface area (Å²) < 4.78 is 0. The van der Waals surface area contributed by atoms with E-state index in [-0.39, 0.29) is 5.91 Å². The molecule has 2 aromatic carbocycles. The smallest absolute Gasteiger partial charge is 0.241 e. The molecule has 3 heteroatoms. The molecule has 0 fully saturated rings. The van der Waals surface area contributed by atoms with Crippen LogP contribution in [0, 0.1) is 0 Å². The van der Waals surface area contributed by atoms with Crippen LogP contribution < -0.4 is 11.1 Å². The van der Waals surface area contributed by atoms with E-state index >= 15 is 0 Å². The standard InChI is InChI=1S/C15H14N2O/c16-14-13-7-6-11(10-4-2-1-3-5-10)8-12(13)9-17-15(14)18/h1-8,14H,9,16H2,(H,17,18). The minimum absolute atomic E-state index is 0.102. The molecule has 0 aromatic heterocycles. The van der Waals surface area contributed by atoms with E-state index in [2.05, 4.69) is 23.5 Å². The molecule has 3 N–H and O–H groups in total. The number of amides is 1. The van der Waals surface area contributed by atoms with Crippen LogP contribution in [-0.2, 0) is 11.3 Å². The highest BCUT2D eigenvalue weighted by Gasteiger charge is 2.23. The lowest BCUT2D eigenvalue weighted by Crippen LogP contribution is -2.38. The van der Waals surface area contributed by atoms with E-state index in [9.17, 15) is 4.79 Å². The van der Waals surface area contributed by atoms with Gasteiger partial charge in [-0.15, -0.1) is 0 Å². The quantitative estimate of drug-likeness (QED) is 0.798. The summed E-state index contributed by atoms with van der Waals surface area (Å²) in [7, 11) is 0. The van der Waals surface area contributed by atoms with Gasteiger partial charge in [0.2, 0.25) is 5.91 Å². The number of nitrogens with two attached hydrogens (primary N) is 1. The maximum absolute atomic E-state index is 11.5. The number of rotatable bonds is 1. The lowest BCUT2D eigenvalue weighted by molar-refractivity contribution is -0.123. The van der Waals surface area contributed by atoms with Gasteiger partial charge in [0.1, 0.15) is 6.04 Å². The lowest BCUT2D eigenvalue weighted by Gasteiger charge is -2.23. The van der Waals surface area contributed by atoms with Crippen molar-refractivity contribution in [3.63, 3.8) is 0 Å². The third-order valence-electron chi connectivity index (χ3n) is 3.32. The predicted octanol–water partition coefficient (Wildman–Crippen LogP) is 1.98. The number of hydrogen-bond acceptors (Lipinski definition) is 2. The first-order valence-corrected chi connectivity index (χ1v) is 5.97. The van der Waals surface area contributed by atoms with E-state index in [1.54, 1.807) is 0 Å². The summed E-state index contributed by atoms with van der Waals surface area (Å²) in [6.07, 6.45) is 0. The van der Waals surface area contributed by atoms with Gasteiger partial charge < -0.3 is 11.1 Å². The van der Waals surface area contributed by atoms with Gasteiger partial charge in [-0.3, -0.25) is 4.79 Å². The number of fused-ring (bicyclic) bond motifs is 1. The van der Waals surface area contributed by atoms with Crippen molar-refractivity contribution in [3.8, 4) is 11.1 Å². The van der Waals surface area contributed by atoms with Gasteiger partial charge in [-0.2, -0.15) is 0 Å². The summed E-state index contributed by atoms with van der Waals surface area (Å²) in [4.78, 5) is 11.5. The van der Waals surface area contributed by atoms with Gasteiger partial charge in [-0.05, 0) is 28.3 Å². The molecule has 0 radical (unpaired) electrons. The zero-order valence-corrected chi connectivity index (χ0v) is 9.89. The van der Waals surface area contributed by atoms with E-state index < -0.39 is 6.04 Å². The van der Waals surface area contributed by atoms with Crippen LogP contribution in [0.1, 0.15) is 17.2 Å². The Hall–Kier alpha value is -2.13. The van der Waals surface area contributed by atoms with Crippen molar-refractivity contribution in [2.75, 3.05) is 0 Å². The fourth-order valence-corrected chi connectivity index (χ4v) is 2.31. The monoisotopic (exact) mass is 238 g/mol. The topological polar surface area (TPSA) is 55.1 Å². The van der Waals surface area contributed by atoms with Crippen LogP contribution in [-0.4, -0.2) is 5.91 Å². The Bertz CT molecular complexity index is 593. The van der Waals surface area contributed by atoms with Gasteiger partial charge in [-0.25, -0.2) is 0 Å². The van der Waals surface area contributed by atoms with Gasteiger partial charge in [0, 0.05) is 6.54 Å². The SMILES string of the molecule is NC1C(=O)NCc2cc(-c3ccccc3)ccc21. The third-order valence-corrected chi connectivity index (χ3v) is 3.32. The van der Waals surface area contributed by atoms with Crippen LogP contribution >= 0.6 is 0 Å². The molecule has 1 aliphatic rings. The van der Waals surface area contributed by atoms with E-state index in [0.717, 1.165) is 16.7 Å². The van der Waals surface area contributed by atoms with Crippen LogP contribution in [0.15, 0.2) is 48.5 Å². The number of nitrogens with one attached hydrogen (secondary N) is 1. The van der Waals surface area contributed by atoms with Gasteiger partial charge >= 0.3 is 0 Å². The molecule has 18 heavy (non-hydrogen) atoms. The molecule has 0 saturated heterocycles. The zero-order chi connectivity index (χ0) is 12.5. The second-order valence-corrected chi connectivity index (χ2v) is 4.48. The number of carbonyl (C=O) groups excluding carboxylic acids is 1. The Labute approximate surface area is 106 Å². The number of benzene rings is 2. The van der Waals surface area contributed by atoms with Crippen molar-refractivity contribution in [2.24, 2.45) is 5.73 Å². The molecule has 1 aliphatic heterocycles. The maximum Gasteiger partial charge on any atom is 0.241 e. The molecule has 1 unspecified atom stereocenters. The Morgan fingerprint density at radius 3 is 2.61 bits per heavy atom. The van der Waals surface area contributed by atoms with E-state index in [1.165, 1.54) is 5.56 Å². The highest BCUT2D eigenvalue weighted by Crippen LogP contribution is 2.27. The Kier molecular flexibility index (Phi) is 2.61. The molecular formula is C15H14N2O. The number of carbonyl (C=O) groups is 1. The van der Waals surface area contributed by atoms with E-state index in [1.807, 2.05) is 30.3 Å². The molecule has 3 nitrogen and oxygen atoms in total. The summed E-state index contributed by atoms with van der Waals surface area (Å²) in [5.74, 6) is -0.102. The molecule has 1 amide bonds. The van der Waals surface area contributed by atoms with Crippen molar-refractivity contribution in [3.05, 3.63) is 59.7 Å². The van der Waals surface area contributed by atoms with Crippen LogP contribution in [0.2, 0.25) is 0 Å². The largest absolute Gasteiger partial charge is 0.350 e. The maximum atomic E-state index is 11.5. The fourth-order valence-electron chi connectivity index (χ4n) is 2.31. The van der Waals surface area contributed by atoms with Crippen LogP contribution in [0.5, 0.6) is 0 Å². The second-order valence-electron chi connectivity index (χ2n) is 4.48. The minimum atomic E-state index is -0.543. The molecule has 1 heterocycles. The normalized spacial score (nSPS) is 18.1.